The molecule has 0 fully saturated rings. The van der Waals surface area contributed by atoms with Crippen LogP contribution in [0.5, 0.6) is 11.6 Å². The summed E-state index contributed by atoms with van der Waals surface area (Å²) in [5.74, 6) is 1.85. The van der Waals surface area contributed by atoms with E-state index in [0.29, 0.717) is 34.6 Å². The van der Waals surface area contributed by atoms with Gasteiger partial charge in [-0.15, -0.1) is 0 Å². The van der Waals surface area contributed by atoms with Crippen LogP contribution in [0.3, 0.4) is 0 Å². The zero-order valence-electron chi connectivity index (χ0n) is 13.5. The summed E-state index contributed by atoms with van der Waals surface area (Å²) in [5.41, 5.74) is 2.27. The van der Waals surface area contributed by atoms with Gasteiger partial charge in [-0.05, 0) is 36.8 Å². The van der Waals surface area contributed by atoms with Gasteiger partial charge in [0.15, 0.2) is 5.69 Å². The van der Waals surface area contributed by atoms with Gasteiger partial charge < -0.3 is 9.26 Å². The number of aromatic amines is 1. The molecule has 0 saturated carbocycles. The zero-order valence-corrected chi connectivity index (χ0v) is 13.5. The van der Waals surface area contributed by atoms with Crippen LogP contribution in [0, 0.1) is 0 Å². The van der Waals surface area contributed by atoms with E-state index in [9.17, 15) is 0 Å². The molecule has 0 amide bonds. The number of nitrogens with one attached hydrogen (secondary N) is 1. The number of aryl methyl sites for hydroxylation is 1. The number of ether oxygens (including phenoxy) is 1. The van der Waals surface area contributed by atoms with Crippen LogP contribution >= 0.6 is 0 Å². The molecule has 0 aliphatic carbocycles. The molecule has 4 aromatic rings. The monoisotopic (exact) mass is 333 g/mol. The fourth-order valence-electron chi connectivity index (χ4n) is 2.33. The number of para-hydroxylation sites is 1. The maximum Gasteiger partial charge on any atom is 0.278 e. The van der Waals surface area contributed by atoms with E-state index in [0.717, 1.165) is 12.1 Å². The second kappa shape index (κ2) is 6.56. The molecule has 4 rings (SSSR count). The fourth-order valence-corrected chi connectivity index (χ4v) is 2.33. The number of pyridine rings is 1. The lowest BCUT2D eigenvalue weighted by Crippen LogP contribution is -1.92. The third kappa shape index (κ3) is 3.12. The van der Waals surface area contributed by atoms with E-state index in [1.165, 1.54) is 0 Å². The number of H-pyrrole nitrogens is 1. The predicted octanol–water partition coefficient (Wildman–Crippen LogP) is 3.88. The number of hydrogen-bond donors (Lipinski definition) is 1. The van der Waals surface area contributed by atoms with Gasteiger partial charge in [0.2, 0.25) is 11.7 Å². The summed E-state index contributed by atoms with van der Waals surface area (Å²) in [7, 11) is 0. The molecule has 0 unspecified atom stereocenters. The highest BCUT2D eigenvalue weighted by molar-refractivity contribution is 5.63. The van der Waals surface area contributed by atoms with Crippen molar-refractivity contribution in [3.63, 3.8) is 0 Å². The Morgan fingerprint density at radius 1 is 1.12 bits per heavy atom. The summed E-state index contributed by atoms with van der Waals surface area (Å²) in [4.78, 5) is 8.70. The largest absolute Gasteiger partial charge is 0.438 e. The van der Waals surface area contributed by atoms with Gasteiger partial charge in [0, 0.05) is 11.9 Å². The molecule has 7 nitrogen and oxygen atoms in total. The van der Waals surface area contributed by atoms with Crippen molar-refractivity contribution >= 4 is 0 Å². The van der Waals surface area contributed by atoms with Crippen molar-refractivity contribution in [2.45, 2.75) is 13.3 Å². The van der Waals surface area contributed by atoms with E-state index in [4.69, 9.17) is 9.26 Å². The van der Waals surface area contributed by atoms with Crippen LogP contribution < -0.4 is 4.74 Å². The summed E-state index contributed by atoms with van der Waals surface area (Å²) < 4.78 is 11.2. The van der Waals surface area contributed by atoms with Gasteiger partial charge in [-0.1, -0.05) is 30.3 Å². The predicted molar refractivity (Wildman–Crippen MR) is 91.0 cm³/mol. The van der Waals surface area contributed by atoms with E-state index < -0.39 is 0 Å². The van der Waals surface area contributed by atoms with E-state index in [-0.39, 0.29) is 0 Å². The van der Waals surface area contributed by atoms with Crippen LogP contribution in [0.2, 0.25) is 0 Å². The van der Waals surface area contributed by atoms with Crippen molar-refractivity contribution in [2.24, 2.45) is 0 Å². The van der Waals surface area contributed by atoms with Crippen LogP contribution in [-0.2, 0) is 6.42 Å². The molecule has 1 N–H and O–H groups in total. The molecule has 0 bridgehead atoms. The summed E-state index contributed by atoms with van der Waals surface area (Å²) in [6.07, 6.45) is 2.51. The van der Waals surface area contributed by atoms with Gasteiger partial charge >= 0.3 is 0 Å². The molecule has 124 valence electrons. The van der Waals surface area contributed by atoms with Crippen molar-refractivity contribution in [1.82, 2.24) is 25.3 Å². The number of hydrogen-bond acceptors (Lipinski definition) is 6. The Labute approximate surface area is 143 Å². The summed E-state index contributed by atoms with van der Waals surface area (Å²) >= 11 is 0. The second-order valence-corrected chi connectivity index (χ2v) is 5.33. The maximum atomic E-state index is 5.85. The topological polar surface area (TPSA) is 89.7 Å². The molecule has 0 saturated heterocycles. The van der Waals surface area contributed by atoms with Gasteiger partial charge in [-0.25, -0.2) is 4.98 Å². The lowest BCUT2D eigenvalue weighted by Gasteiger charge is -2.06. The van der Waals surface area contributed by atoms with Crippen molar-refractivity contribution in [3.05, 3.63) is 60.4 Å². The average Bonchev–Trinajstić information content (AvgIpc) is 3.32. The minimum atomic E-state index is 0.348. The van der Waals surface area contributed by atoms with Crippen LogP contribution in [0.15, 0.2) is 59.3 Å². The van der Waals surface area contributed by atoms with Gasteiger partial charge in [-0.2, -0.15) is 10.1 Å². The minimum Gasteiger partial charge on any atom is -0.438 e. The van der Waals surface area contributed by atoms with E-state index >= 15 is 0 Å². The fraction of sp³-hybridized carbons (Fsp3) is 0.111. The summed E-state index contributed by atoms with van der Waals surface area (Å²) in [5, 5.41) is 11.2. The molecule has 0 aliphatic heterocycles. The van der Waals surface area contributed by atoms with Crippen molar-refractivity contribution in [2.75, 3.05) is 0 Å². The Morgan fingerprint density at radius 2 is 2.00 bits per heavy atom. The van der Waals surface area contributed by atoms with Gasteiger partial charge in [0.05, 0.1) is 5.56 Å². The van der Waals surface area contributed by atoms with Crippen molar-refractivity contribution in [3.8, 4) is 34.6 Å². The third-order valence-electron chi connectivity index (χ3n) is 3.63. The molecule has 0 atom stereocenters. The number of rotatable bonds is 5. The Morgan fingerprint density at radius 3 is 2.80 bits per heavy atom. The van der Waals surface area contributed by atoms with Gasteiger partial charge in [0.1, 0.15) is 5.75 Å². The van der Waals surface area contributed by atoms with Crippen LogP contribution in [0.25, 0.3) is 23.0 Å². The first-order valence-corrected chi connectivity index (χ1v) is 7.90. The Balaban J connectivity index is 1.66. The second-order valence-electron chi connectivity index (χ2n) is 5.33. The lowest BCUT2D eigenvalue weighted by molar-refractivity contribution is 0.429. The molecule has 7 heteroatoms. The van der Waals surface area contributed by atoms with E-state index in [1.54, 1.807) is 12.3 Å². The first-order chi connectivity index (χ1) is 12.3. The van der Waals surface area contributed by atoms with Crippen LogP contribution in [-0.4, -0.2) is 25.3 Å². The highest BCUT2D eigenvalue weighted by atomic mass is 16.5. The van der Waals surface area contributed by atoms with Crippen LogP contribution in [0.4, 0.5) is 0 Å². The zero-order chi connectivity index (χ0) is 17.1. The normalized spacial score (nSPS) is 10.8. The Hall–Kier alpha value is -3.48. The highest BCUT2D eigenvalue weighted by Gasteiger charge is 2.17. The standard InChI is InChI=1S/C18H15N5O2/c1-2-12-11-15(22-21-12)18-20-16(23-25-18)14-9-6-10-19-17(14)24-13-7-4-3-5-8-13/h3-11H,2H2,1H3,(H,21,22). The highest BCUT2D eigenvalue weighted by Crippen LogP contribution is 2.30. The lowest BCUT2D eigenvalue weighted by atomic mass is 10.2. The molecule has 0 spiro atoms. The Kier molecular flexibility index (Phi) is 3.96. The van der Waals surface area contributed by atoms with E-state index in [2.05, 4.69) is 25.3 Å². The molecule has 0 radical (unpaired) electrons. The SMILES string of the molecule is CCc1cc(-c2nc(-c3cccnc3Oc3ccccc3)no2)n[nH]1. The molecular weight excluding hydrogens is 318 g/mol. The van der Waals surface area contributed by atoms with E-state index in [1.807, 2.05) is 49.4 Å². The minimum absolute atomic E-state index is 0.348. The third-order valence-corrected chi connectivity index (χ3v) is 3.63. The number of benzene rings is 1. The van der Waals surface area contributed by atoms with Crippen molar-refractivity contribution < 1.29 is 9.26 Å². The summed E-state index contributed by atoms with van der Waals surface area (Å²) in [6.45, 7) is 2.04. The quantitative estimate of drug-likeness (QED) is 0.596. The smallest absolute Gasteiger partial charge is 0.278 e. The maximum absolute atomic E-state index is 5.85. The summed E-state index contributed by atoms with van der Waals surface area (Å²) in [6, 6.07) is 15.0. The molecule has 3 heterocycles. The van der Waals surface area contributed by atoms with Gasteiger partial charge in [0.25, 0.3) is 5.89 Å². The average molecular weight is 333 g/mol. The van der Waals surface area contributed by atoms with Crippen molar-refractivity contribution in [1.29, 1.82) is 0 Å². The number of aromatic nitrogens is 5. The molecular formula is C18H15N5O2. The molecule has 25 heavy (non-hydrogen) atoms. The number of nitrogens with zero attached hydrogens (tertiary/aromatic N) is 4. The molecule has 1 aromatic carbocycles. The first kappa shape index (κ1) is 15.1. The van der Waals surface area contributed by atoms with Gasteiger partial charge in [-0.3, -0.25) is 5.10 Å². The molecule has 0 aliphatic rings. The molecule has 3 aromatic heterocycles. The first-order valence-electron chi connectivity index (χ1n) is 7.90. The van der Waals surface area contributed by atoms with Crippen LogP contribution in [0.1, 0.15) is 12.6 Å². The Bertz CT molecular complexity index is 978.